The molecule has 0 bridgehead atoms. The van der Waals surface area contributed by atoms with E-state index in [0.29, 0.717) is 6.04 Å². The molecule has 0 aromatic heterocycles. The van der Waals surface area contributed by atoms with Crippen LogP contribution in [-0.2, 0) is 0 Å². The smallest absolute Gasteiger partial charge is 0.253 e. The lowest BCUT2D eigenvalue weighted by atomic mass is 10.1. The average molecular weight is 297 g/mol. The van der Waals surface area contributed by atoms with Crippen LogP contribution in [-0.4, -0.2) is 48.9 Å². The van der Waals surface area contributed by atoms with Gasteiger partial charge in [0.05, 0.1) is 0 Å². The molecule has 0 spiro atoms. The van der Waals surface area contributed by atoms with Crippen molar-refractivity contribution < 1.29 is 4.79 Å². The van der Waals surface area contributed by atoms with Crippen molar-refractivity contribution >= 4 is 21.8 Å². The Morgan fingerprint density at radius 2 is 2.06 bits per heavy atom. The Balaban J connectivity index is 2.06. The van der Waals surface area contributed by atoms with Gasteiger partial charge in [-0.2, -0.15) is 0 Å². The van der Waals surface area contributed by atoms with Gasteiger partial charge in [0, 0.05) is 29.7 Å². The summed E-state index contributed by atoms with van der Waals surface area (Å²) in [6.45, 7) is 2.04. The molecule has 1 aliphatic heterocycles. The van der Waals surface area contributed by atoms with Crippen LogP contribution in [0.4, 0.5) is 0 Å². The number of hydrogen-bond acceptors (Lipinski definition) is 2. The van der Waals surface area contributed by atoms with Gasteiger partial charge in [0.15, 0.2) is 0 Å². The first kappa shape index (κ1) is 12.6. The van der Waals surface area contributed by atoms with Gasteiger partial charge in [-0.25, -0.2) is 0 Å². The predicted octanol–water partition coefficient (Wildman–Crippen LogP) is 2.23. The van der Waals surface area contributed by atoms with Crippen LogP contribution in [0.2, 0.25) is 0 Å². The first-order chi connectivity index (χ1) is 8.08. The zero-order valence-electron chi connectivity index (χ0n) is 10.2. The van der Waals surface area contributed by atoms with E-state index in [0.717, 1.165) is 29.5 Å². The number of carbonyl (C=O) groups is 1. The Labute approximate surface area is 111 Å². The quantitative estimate of drug-likeness (QED) is 0.836. The van der Waals surface area contributed by atoms with Crippen LogP contribution in [0, 0.1) is 0 Å². The Kier molecular flexibility index (Phi) is 3.84. The van der Waals surface area contributed by atoms with Gasteiger partial charge in [-0.1, -0.05) is 15.9 Å². The monoisotopic (exact) mass is 296 g/mol. The number of nitrogens with zero attached hydrogens (tertiary/aromatic N) is 2. The van der Waals surface area contributed by atoms with E-state index in [4.69, 9.17) is 0 Å². The Bertz CT molecular complexity index is 404. The van der Waals surface area contributed by atoms with Crippen molar-refractivity contribution in [1.29, 1.82) is 0 Å². The van der Waals surface area contributed by atoms with Gasteiger partial charge in [0.2, 0.25) is 0 Å². The highest BCUT2D eigenvalue weighted by molar-refractivity contribution is 9.10. The number of hydrogen-bond donors (Lipinski definition) is 0. The first-order valence-corrected chi connectivity index (χ1v) is 6.58. The summed E-state index contributed by atoms with van der Waals surface area (Å²) in [6, 6.07) is 7.88. The molecule has 1 aromatic carbocycles. The van der Waals surface area contributed by atoms with Gasteiger partial charge in [-0.3, -0.25) is 4.79 Å². The Hall–Kier alpha value is -0.870. The van der Waals surface area contributed by atoms with E-state index < -0.39 is 0 Å². The lowest BCUT2D eigenvalue weighted by Crippen LogP contribution is -2.38. The number of carbonyl (C=O) groups excluding carboxylic acids is 1. The minimum absolute atomic E-state index is 0.109. The van der Waals surface area contributed by atoms with Crippen molar-refractivity contribution in [2.24, 2.45) is 0 Å². The third kappa shape index (κ3) is 2.87. The molecule has 92 valence electrons. The maximum absolute atomic E-state index is 12.2. The summed E-state index contributed by atoms with van der Waals surface area (Å²) in [5, 5.41) is 0. The highest BCUT2D eigenvalue weighted by Gasteiger charge is 2.26. The largest absolute Gasteiger partial charge is 0.337 e. The second-order valence-electron chi connectivity index (χ2n) is 4.63. The highest BCUT2D eigenvalue weighted by atomic mass is 79.9. The minimum atomic E-state index is 0.109. The van der Waals surface area contributed by atoms with E-state index in [1.807, 2.05) is 36.2 Å². The van der Waals surface area contributed by atoms with E-state index in [-0.39, 0.29) is 5.91 Å². The van der Waals surface area contributed by atoms with E-state index in [2.05, 4.69) is 27.9 Å². The van der Waals surface area contributed by atoms with Crippen LogP contribution in [0.1, 0.15) is 16.8 Å². The van der Waals surface area contributed by atoms with Crippen LogP contribution in [0.5, 0.6) is 0 Å². The zero-order valence-corrected chi connectivity index (χ0v) is 11.8. The fraction of sp³-hybridized carbons (Fsp3) is 0.462. The fourth-order valence-corrected chi connectivity index (χ4v) is 2.45. The molecule has 4 heteroatoms. The highest BCUT2D eigenvalue weighted by Crippen LogP contribution is 2.17. The van der Waals surface area contributed by atoms with E-state index >= 15 is 0 Å². The lowest BCUT2D eigenvalue weighted by Gasteiger charge is -2.24. The van der Waals surface area contributed by atoms with E-state index in [1.165, 1.54) is 0 Å². The fourth-order valence-electron chi connectivity index (χ4n) is 2.19. The standard InChI is InChI=1S/C13H17BrN2O/c1-15-8-7-12(9-15)16(2)13(17)10-3-5-11(14)6-4-10/h3-6,12H,7-9H2,1-2H3/t12-/m0/s1. The van der Waals surface area contributed by atoms with Crippen LogP contribution in [0.25, 0.3) is 0 Å². The number of amides is 1. The summed E-state index contributed by atoms with van der Waals surface area (Å²) in [4.78, 5) is 16.4. The molecule has 1 atom stereocenters. The molecule has 1 aliphatic rings. The van der Waals surface area contributed by atoms with Crippen molar-refractivity contribution in [2.45, 2.75) is 12.5 Å². The van der Waals surface area contributed by atoms with Crippen LogP contribution in [0.15, 0.2) is 28.7 Å². The summed E-state index contributed by atoms with van der Waals surface area (Å²) in [5.74, 6) is 0.109. The maximum Gasteiger partial charge on any atom is 0.253 e. The number of likely N-dealkylation sites (tertiary alicyclic amines) is 1. The molecule has 1 amide bonds. The predicted molar refractivity (Wildman–Crippen MR) is 72.1 cm³/mol. The topological polar surface area (TPSA) is 23.6 Å². The molecule has 1 fully saturated rings. The molecule has 2 rings (SSSR count). The number of rotatable bonds is 2. The molecule has 3 nitrogen and oxygen atoms in total. The molecule has 1 saturated heterocycles. The molecule has 1 aromatic rings. The van der Waals surface area contributed by atoms with Gasteiger partial charge in [0.1, 0.15) is 0 Å². The Morgan fingerprint density at radius 1 is 1.41 bits per heavy atom. The normalized spacial score (nSPS) is 20.5. The van der Waals surface area contributed by atoms with Gasteiger partial charge in [0.25, 0.3) is 5.91 Å². The molecule has 0 unspecified atom stereocenters. The zero-order chi connectivity index (χ0) is 12.4. The van der Waals surface area contributed by atoms with Gasteiger partial charge < -0.3 is 9.80 Å². The summed E-state index contributed by atoms with van der Waals surface area (Å²) >= 11 is 3.37. The van der Waals surface area contributed by atoms with Crippen molar-refractivity contribution in [3.8, 4) is 0 Å². The third-order valence-electron chi connectivity index (χ3n) is 3.33. The molecular weight excluding hydrogens is 280 g/mol. The third-order valence-corrected chi connectivity index (χ3v) is 3.85. The van der Waals surface area contributed by atoms with Crippen LogP contribution in [0.3, 0.4) is 0 Å². The summed E-state index contributed by atoms with van der Waals surface area (Å²) in [5.41, 5.74) is 0.755. The Morgan fingerprint density at radius 3 is 2.59 bits per heavy atom. The van der Waals surface area contributed by atoms with E-state index in [9.17, 15) is 4.79 Å². The van der Waals surface area contributed by atoms with Crippen LogP contribution >= 0.6 is 15.9 Å². The number of likely N-dealkylation sites (N-methyl/N-ethyl adjacent to an activating group) is 2. The van der Waals surface area contributed by atoms with Crippen molar-refractivity contribution in [2.75, 3.05) is 27.2 Å². The van der Waals surface area contributed by atoms with E-state index in [1.54, 1.807) is 0 Å². The molecule has 17 heavy (non-hydrogen) atoms. The molecule has 0 saturated carbocycles. The molecule has 1 heterocycles. The van der Waals surface area contributed by atoms with Gasteiger partial charge in [-0.05, 0) is 44.3 Å². The molecule has 0 N–H and O–H groups in total. The van der Waals surface area contributed by atoms with Crippen LogP contribution < -0.4 is 0 Å². The summed E-state index contributed by atoms with van der Waals surface area (Å²) in [7, 11) is 3.99. The number of benzene rings is 1. The van der Waals surface area contributed by atoms with Crippen molar-refractivity contribution in [3.05, 3.63) is 34.3 Å². The lowest BCUT2D eigenvalue weighted by molar-refractivity contribution is 0.0737. The minimum Gasteiger partial charge on any atom is -0.337 e. The number of halogens is 1. The van der Waals surface area contributed by atoms with Crippen molar-refractivity contribution in [1.82, 2.24) is 9.80 Å². The first-order valence-electron chi connectivity index (χ1n) is 5.79. The maximum atomic E-state index is 12.2. The SMILES string of the molecule is CN1CC[C@H](N(C)C(=O)c2ccc(Br)cc2)C1. The van der Waals surface area contributed by atoms with Crippen molar-refractivity contribution in [3.63, 3.8) is 0 Å². The second-order valence-corrected chi connectivity index (χ2v) is 5.54. The van der Waals surface area contributed by atoms with Gasteiger partial charge >= 0.3 is 0 Å². The second kappa shape index (κ2) is 5.19. The molecule has 0 radical (unpaired) electrons. The van der Waals surface area contributed by atoms with Gasteiger partial charge in [-0.15, -0.1) is 0 Å². The summed E-state index contributed by atoms with van der Waals surface area (Å²) in [6.07, 6.45) is 1.06. The average Bonchev–Trinajstić information content (AvgIpc) is 2.75. The molecule has 0 aliphatic carbocycles. The summed E-state index contributed by atoms with van der Waals surface area (Å²) < 4.78 is 0.998. The molecular formula is C13H17BrN2O.